The van der Waals surface area contributed by atoms with Gasteiger partial charge in [0.25, 0.3) is 11.8 Å². The molecule has 14 heteroatoms. The number of benzene rings is 2. The molecule has 6 heterocycles. The van der Waals surface area contributed by atoms with Crippen LogP contribution < -0.4 is 9.47 Å². The van der Waals surface area contributed by atoms with Gasteiger partial charge in [0.05, 0.1) is 55.2 Å². The monoisotopic (exact) mass is 715 g/mol. The zero-order valence-corrected chi connectivity index (χ0v) is 29.4. The van der Waals surface area contributed by atoms with E-state index in [1.54, 1.807) is 22.2 Å². The fourth-order valence-electron chi connectivity index (χ4n) is 5.96. The highest BCUT2D eigenvalue weighted by Gasteiger charge is 2.25. The average molecular weight is 716 g/mol. The molecule has 0 bridgehead atoms. The summed E-state index contributed by atoms with van der Waals surface area (Å²) < 4.78 is 28.3. The summed E-state index contributed by atoms with van der Waals surface area (Å²) in [5.41, 5.74) is 6.55. The van der Waals surface area contributed by atoms with Crippen molar-refractivity contribution in [2.45, 2.75) is 53.2 Å². The molecule has 2 aliphatic heterocycles. The second-order valence-corrected chi connectivity index (χ2v) is 12.8. The molecule has 2 aromatic carbocycles. The van der Waals surface area contributed by atoms with E-state index >= 15 is 0 Å². The third-order valence-electron chi connectivity index (χ3n) is 8.79. The molecule has 0 spiro atoms. The normalized spacial score (nSPS) is 13.3. The van der Waals surface area contributed by atoms with Gasteiger partial charge in [0.1, 0.15) is 24.7 Å². The minimum Gasteiger partial charge on any atom is -0.472 e. The molecule has 2 amide bonds. The summed E-state index contributed by atoms with van der Waals surface area (Å²) >= 11 is 0. The smallest absolute Gasteiger partial charge is 0.274 e. The molecule has 270 valence electrons. The van der Waals surface area contributed by atoms with E-state index in [1.807, 2.05) is 77.8 Å². The van der Waals surface area contributed by atoms with Crippen molar-refractivity contribution in [1.29, 1.82) is 0 Å². The summed E-state index contributed by atoms with van der Waals surface area (Å²) in [7, 11) is 0. The van der Waals surface area contributed by atoms with Crippen LogP contribution in [0.2, 0.25) is 0 Å². The Morgan fingerprint density at radius 3 is 1.96 bits per heavy atom. The van der Waals surface area contributed by atoms with Crippen molar-refractivity contribution in [2.24, 2.45) is 0 Å². The van der Waals surface area contributed by atoms with E-state index in [-0.39, 0.29) is 17.6 Å². The van der Waals surface area contributed by atoms with Crippen molar-refractivity contribution in [1.82, 2.24) is 44.3 Å². The van der Waals surface area contributed by atoms with Gasteiger partial charge in [-0.3, -0.25) is 28.9 Å². The maximum Gasteiger partial charge on any atom is 0.274 e. The Kier molecular flexibility index (Phi) is 10.5. The highest BCUT2D eigenvalue weighted by atomic mass is 19.1. The zero-order chi connectivity index (χ0) is 36.7. The Morgan fingerprint density at radius 2 is 1.34 bits per heavy atom. The van der Waals surface area contributed by atoms with Crippen LogP contribution in [-0.2, 0) is 39.4 Å². The summed E-state index contributed by atoms with van der Waals surface area (Å²) in [5, 5.41) is 8.92. The standard InChI is InChI=1S/C20H19FN4O2.C19H19N5O2/c1-14-6-7-22-17(10-14)13-27-19-11-18-12-24(8-9-25(18)23-19)20(26)15-2-4-16(21)5-3-15;1-14-10-21-17(11-20-14)19(25)23-7-8-24-16(12-23)9-18(22-24)26-13-15-5-3-2-4-6-15/h2-7,10-11H,8-9,12-13H2,1H3;2-6,9-11H,7-8,12-13H2,1H3. The Balaban J connectivity index is 0.000000164. The second-order valence-electron chi connectivity index (χ2n) is 12.8. The van der Waals surface area contributed by atoms with Gasteiger partial charge in [-0.05, 0) is 61.4 Å². The topological polar surface area (TPSA) is 133 Å². The number of halogens is 1. The van der Waals surface area contributed by atoms with Crippen molar-refractivity contribution in [3.05, 3.63) is 148 Å². The molecule has 6 aromatic rings. The van der Waals surface area contributed by atoms with Gasteiger partial charge in [0, 0.05) is 43.2 Å². The summed E-state index contributed by atoms with van der Waals surface area (Å²) in [6, 6.07) is 23.2. The SMILES string of the molecule is Cc1ccnc(COc2cc3n(n2)CCN(C(=O)c2ccc(F)cc2)C3)c1.Cc1cnc(C(=O)N2CCn3nc(OCc4ccccc4)cc3C2)cn1. The van der Waals surface area contributed by atoms with Crippen LogP contribution >= 0.6 is 0 Å². The number of amides is 2. The van der Waals surface area contributed by atoms with Crippen molar-refractivity contribution in [3.8, 4) is 11.8 Å². The molecule has 0 saturated carbocycles. The van der Waals surface area contributed by atoms with Gasteiger partial charge in [0.15, 0.2) is 0 Å². The Morgan fingerprint density at radius 1 is 0.698 bits per heavy atom. The lowest BCUT2D eigenvalue weighted by molar-refractivity contribution is 0.0695. The Hall–Kier alpha value is -6.44. The molecule has 0 aliphatic carbocycles. The van der Waals surface area contributed by atoms with Gasteiger partial charge in [0.2, 0.25) is 11.8 Å². The maximum absolute atomic E-state index is 13.1. The van der Waals surface area contributed by atoms with Crippen molar-refractivity contribution in [2.75, 3.05) is 13.1 Å². The fraction of sp³-hybridized carbons (Fsp3) is 0.256. The molecule has 13 nitrogen and oxygen atoms in total. The number of hydrogen-bond donors (Lipinski definition) is 0. The van der Waals surface area contributed by atoms with Crippen molar-refractivity contribution in [3.63, 3.8) is 0 Å². The number of hydrogen-bond acceptors (Lipinski definition) is 9. The number of aryl methyl sites for hydroxylation is 2. The highest BCUT2D eigenvalue weighted by molar-refractivity contribution is 5.94. The Bertz CT molecular complexity index is 2190. The number of carbonyl (C=O) groups excluding carboxylic acids is 2. The number of fused-ring (bicyclic) bond motifs is 2. The van der Waals surface area contributed by atoms with Crippen LogP contribution in [0, 0.1) is 19.7 Å². The fourth-order valence-corrected chi connectivity index (χ4v) is 5.96. The van der Waals surface area contributed by atoms with Crippen LogP contribution in [0.15, 0.2) is 97.5 Å². The van der Waals surface area contributed by atoms with Crippen LogP contribution in [0.1, 0.15) is 54.7 Å². The van der Waals surface area contributed by atoms with Gasteiger partial charge < -0.3 is 19.3 Å². The first kappa shape index (κ1) is 35.0. The summed E-state index contributed by atoms with van der Waals surface area (Å²) in [5.74, 6) is 0.511. The number of pyridine rings is 1. The Labute approximate surface area is 305 Å². The van der Waals surface area contributed by atoms with E-state index in [0.717, 1.165) is 33.9 Å². The molecule has 8 rings (SSSR count). The molecule has 0 saturated heterocycles. The van der Waals surface area contributed by atoms with E-state index in [2.05, 4.69) is 25.1 Å². The lowest BCUT2D eigenvalue weighted by Crippen LogP contribution is -2.38. The predicted molar refractivity (Wildman–Crippen MR) is 191 cm³/mol. The van der Waals surface area contributed by atoms with Gasteiger partial charge in [-0.15, -0.1) is 10.2 Å². The molecule has 2 aliphatic rings. The van der Waals surface area contributed by atoms with Crippen LogP contribution in [0.4, 0.5) is 4.39 Å². The first-order valence-corrected chi connectivity index (χ1v) is 17.2. The van der Waals surface area contributed by atoms with Gasteiger partial charge in [-0.25, -0.2) is 9.37 Å². The average Bonchev–Trinajstić information content (AvgIpc) is 3.80. The number of aromatic nitrogens is 7. The van der Waals surface area contributed by atoms with E-state index in [1.165, 1.54) is 30.5 Å². The van der Waals surface area contributed by atoms with Crippen LogP contribution in [0.3, 0.4) is 0 Å². The second kappa shape index (κ2) is 15.8. The van der Waals surface area contributed by atoms with E-state index in [0.29, 0.717) is 75.5 Å². The summed E-state index contributed by atoms with van der Waals surface area (Å²) in [4.78, 5) is 41.3. The van der Waals surface area contributed by atoms with Crippen LogP contribution in [-0.4, -0.2) is 69.2 Å². The van der Waals surface area contributed by atoms with Crippen molar-refractivity contribution < 1.29 is 23.5 Å². The highest BCUT2D eigenvalue weighted by Crippen LogP contribution is 2.22. The minimum atomic E-state index is -0.354. The zero-order valence-electron chi connectivity index (χ0n) is 29.4. The van der Waals surface area contributed by atoms with Crippen molar-refractivity contribution >= 4 is 11.8 Å². The predicted octanol–water partition coefficient (Wildman–Crippen LogP) is 5.18. The lowest BCUT2D eigenvalue weighted by atomic mass is 10.1. The van der Waals surface area contributed by atoms with Gasteiger partial charge in [-0.1, -0.05) is 30.3 Å². The van der Waals surface area contributed by atoms with Gasteiger partial charge >= 0.3 is 0 Å². The molecule has 53 heavy (non-hydrogen) atoms. The molecule has 0 atom stereocenters. The number of ether oxygens (including phenoxy) is 2. The van der Waals surface area contributed by atoms with Crippen LogP contribution in [0.5, 0.6) is 11.8 Å². The number of nitrogens with zero attached hydrogens (tertiary/aromatic N) is 9. The third-order valence-corrected chi connectivity index (χ3v) is 8.79. The van der Waals surface area contributed by atoms with Gasteiger partial charge in [-0.2, -0.15) is 0 Å². The first-order chi connectivity index (χ1) is 25.8. The molecule has 0 fully saturated rings. The molecule has 4 aromatic heterocycles. The van der Waals surface area contributed by atoms with E-state index < -0.39 is 0 Å². The lowest BCUT2D eigenvalue weighted by Gasteiger charge is -2.27. The molecular formula is C39H38FN9O4. The summed E-state index contributed by atoms with van der Waals surface area (Å²) in [6.45, 7) is 7.94. The third kappa shape index (κ3) is 8.72. The van der Waals surface area contributed by atoms with Crippen LogP contribution in [0.25, 0.3) is 0 Å². The number of rotatable bonds is 8. The summed E-state index contributed by atoms with van der Waals surface area (Å²) in [6.07, 6.45) is 4.89. The maximum atomic E-state index is 13.1. The van der Waals surface area contributed by atoms with E-state index in [9.17, 15) is 14.0 Å². The van der Waals surface area contributed by atoms with E-state index in [4.69, 9.17) is 9.47 Å². The molecular weight excluding hydrogens is 677 g/mol. The molecule has 0 N–H and O–H groups in total. The molecule has 0 unspecified atom stereocenters. The largest absolute Gasteiger partial charge is 0.472 e. The quantitative estimate of drug-likeness (QED) is 0.209. The minimum absolute atomic E-state index is 0.114. The number of carbonyl (C=O) groups is 2. The first-order valence-electron chi connectivity index (χ1n) is 17.2. The molecule has 0 radical (unpaired) electrons.